The molecular formula is C16H24NO2+. The average Bonchev–Trinajstić information content (AvgIpc) is 2.42. The van der Waals surface area contributed by atoms with E-state index in [1.165, 1.54) is 16.0 Å². The van der Waals surface area contributed by atoms with Crippen LogP contribution in [0.3, 0.4) is 0 Å². The molecule has 1 N–H and O–H groups in total. The molecule has 3 heteroatoms. The second kappa shape index (κ2) is 6.71. The molecule has 1 aliphatic heterocycles. The summed E-state index contributed by atoms with van der Waals surface area (Å²) in [6.07, 6.45) is 2.10. The van der Waals surface area contributed by atoms with Crippen LogP contribution in [0.4, 0.5) is 0 Å². The monoisotopic (exact) mass is 262 g/mol. The lowest BCUT2D eigenvalue weighted by molar-refractivity contribution is -0.921. The maximum atomic E-state index is 11.8. The first kappa shape index (κ1) is 14.1. The van der Waals surface area contributed by atoms with Crippen LogP contribution in [0.2, 0.25) is 0 Å². The Kier molecular flexibility index (Phi) is 4.97. The highest BCUT2D eigenvalue weighted by molar-refractivity contribution is 5.72. The lowest BCUT2D eigenvalue weighted by Crippen LogP contribution is -3.12. The first-order valence-electron chi connectivity index (χ1n) is 7.24. The van der Waals surface area contributed by atoms with Crippen LogP contribution in [0.5, 0.6) is 0 Å². The molecule has 1 unspecified atom stereocenters. The molecule has 1 heterocycles. The minimum absolute atomic E-state index is 0.0105. The highest BCUT2D eigenvalue weighted by atomic mass is 16.5. The van der Waals surface area contributed by atoms with Crippen LogP contribution in [-0.4, -0.2) is 25.7 Å². The van der Waals surface area contributed by atoms with Crippen LogP contribution in [0.15, 0.2) is 24.3 Å². The zero-order valence-corrected chi connectivity index (χ0v) is 11.9. The van der Waals surface area contributed by atoms with Crippen molar-refractivity contribution in [3.05, 3.63) is 35.4 Å². The van der Waals surface area contributed by atoms with E-state index in [0.717, 1.165) is 32.5 Å². The van der Waals surface area contributed by atoms with E-state index in [1.807, 2.05) is 6.92 Å². The highest BCUT2D eigenvalue weighted by Crippen LogP contribution is 2.10. The Morgan fingerprint density at radius 3 is 2.79 bits per heavy atom. The Morgan fingerprint density at radius 1 is 1.37 bits per heavy atom. The van der Waals surface area contributed by atoms with Gasteiger partial charge in [-0.25, -0.2) is 0 Å². The van der Waals surface area contributed by atoms with Crippen LogP contribution in [0, 0.1) is 12.8 Å². The molecular weight excluding hydrogens is 238 g/mol. The fraction of sp³-hybridized carbons (Fsp3) is 0.562. The van der Waals surface area contributed by atoms with Crippen LogP contribution in [-0.2, 0) is 16.1 Å². The van der Waals surface area contributed by atoms with Gasteiger partial charge in [0.15, 0.2) is 0 Å². The Balaban J connectivity index is 1.90. The maximum Gasteiger partial charge on any atom is 0.314 e. The van der Waals surface area contributed by atoms with Gasteiger partial charge in [0.1, 0.15) is 12.5 Å². The van der Waals surface area contributed by atoms with Crippen LogP contribution < -0.4 is 4.90 Å². The summed E-state index contributed by atoms with van der Waals surface area (Å²) in [5, 5.41) is 0. The maximum absolute atomic E-state index is 11.8. The summed E-state index contributed by atoms with van der Waals surface area (Å²) in [7, 11) is 0. The molecule has 0 bridgehead atoms. The highest BCUT2D eigenvalue weighted by Gasteiger charge is 2.29. The van der Waals surface area contributed by atoms with Crippen LogP contribution in [0.1, 0.15) is 30.9 Å². The van der Waals surface area contributed by atoms with Gasteiger partial charge in [-0.05, 0) is 26.7 Å². The van der Waals surface area contributed by atoms with E-state index in [4.69, 9.17) is 4.74 Å². The number of nitrogens with one attached hydrogen (secondary N) is 1. The van der Waals surface area contributed by atoms with Crippen molar-refractivity contribution in [1.29, 1.82) is 0 Å². The molecule has 2 rings (SSSR count). The zero-order chi connectivity index (χ0) is 13.7. The number of quaternary nitrogens is 1. The van der Waals surface area contributed by atoms with E-state index in [1.54, 1.807) is 0 Å². The fourth-order valence-electron chi connectivity index (χ4n) is 2.77. The van der Waals surface area contributed by atoms with Gasteiger partial charge in [-0.3, -0.25) is 4.79 Å². The second-order valence-corrected chi connectivity index (χ2v) is 5.46. The number of likely N-dealkylation sites (tertiary alicyclic amines) is 1. The summed E-state index contributed by atoms with van der Waals surface area (Å²) in [5.41, 5.74) is 2.65. The van der Waals surface area contributed by atoms with E-state index < -0.39 is 0 Å². The number of hydrogen-bond acceptors (Lipinski definition) is 2. The van der Waals surface area contributed by atoms with Crippen molar-refractivity contribution in [2.75, 3.05) is 19.7 Å². The topological polar surface area (TPSA) is 30.7 Å². The molecule has 1 aromatic carbocycles. The number of esters is 1. The van der Waals surface area contributed by atoms with Gasteiger partial charge in [-0.1, -0.05) is 29.8 Å². The molecule has 104 valence electrons. The lowest BCUT2D eigenvalue weighted by Gasteiger charge is -2.28. The summed E-state index contributed by atoms with van der Waals surface area (Å²) < 4.78 is 5.14. The third-order valence-electron chi connectivity index (χ3n) is 3.81. The molecule has 0 aromatic heterocycles. The summed E-state index contributed by atoms with van der Waals surface area (Å²) in [6.45, 7) is 7.54. The van der Waals surface area contributed by atoms with Gasteiger partial charge in [-0.15, -0.1) is 0 Å². The van der Waals surface area contributed by atoms with Gasteiger partial charge in [-0.2, -0.15) is 0 Å². The number of benzene rings is 1. The number of aryl methyl sites for hydroxylation is 1. The fourth-order valence-corrected chi connectivity index (χ4v) is 2.77. The molecule has 1 aromatic rings. The molecule has 0 radical (unpaired) electrons. The number of carbonyl (C=O) groups is 1. The van der Waals surface area contributed by atoms with Gasteiger partial charge in [0.05, 0.1) is 19.7 Å². The van der Waals surface area contributed by atoms with Gasteiger partial charge in [0.2, 0.25) is 0 Å². The second-order valence-electron chi connectivity index (χ2n) is 5.46. The summed E-state index contributed by atoms with van der Waals surface area (Å²) in [5.74, 6) is 0.0813. The number of carbonyl (C=O) groups excluding carboxylic acids is 1. The van der Waals surface area contributed by atoms with Gasteiger partial charge in [0.25, 0.3) is 0 Å². The van der Waals surface area contributed by atoms with Crippen molar-refractivity contribution in [3.8, 4) is 0 Å². The summed E-state index contributed by atoms with van der Waals surface area (Å²) in [6, 6.07) is 8.69. The van der Waals surface area contributed by atoms with Gasteiger partial charge in [0, 0.05) is 5.56 Å². The van der Waals surface area contributed by atoms with E-state index in [9.17, 15) is 4.79 Å². The molecule has 2 atom stereocenters. The Morgan fingerprint density at radius 2 is 2.11 bits per heavy atom. The third-order valence-corrected chi connectivity index (χ3v) is 3.81. The number of hydrogen-bond donors (Lipinski definition) is 1. The van der Waals surface area contributed by atoms with Crippen molar-refractivity contribution < 1.29 is 14.4 Å². The SMILES string of the molecule is CCOC(=O)[C@H]1CCC[NH+](Cc2ccc(C)cc2)C1. The van der Waals surface area contributed by atoms with Crippen molar-refractivity contribution in [3.63, 3.8) is 0 Å². The molecule has 3 nitrogen and oxygen atoms in total. The van der Waals surface area contributed by atoms with Crippen molar-refractivity contribution in [2.45, 2.75) is 33.2 Å². The molecule has 0 aliphatic carbocycles. The van der Waals surface area contributed by atoms with E-state index in [0.29, 0.717) is 6.61 Å². The third kappa shape index (κ3) is 4.06. The van der Waals surface area contributed by atoms with Gasteiger partial charge < -0.3 is 9.64 Å². The number of piperidine rings is 1. The average molecular weight is 262 g/mol. The van der Waals surface area contributed by atoms with Crippen LogP contribution >= 0.6 is 0 Å². The number of ether oxygens (including phenoxy) is 1. The molecule has 0 saturated carbocycles. The van der Waals surface area contributed by atoms with Crippen LogP contribution in [0.25, 0.3) is 0 Å². The molecule has 1 fully saturated rings. The Hall–Kier alpha value is -1.35. The van der Waals surface area contributed by atoms with E-state index in [2.05, 4.69) is 31.2 Å². The summed E-state index contributed by atoms with van der Waals surface area (Å²) >= 11 is 0. The largest absolute Gasteiger partial charge is 0.466 e. The minimum Gasteiger partial charge on any atom is -0.466 e. The van der Waals surface area contributed by atoms with Crippen molar-refractivity contribution in [2.24, 2.45) is 5.92 Å². The minimum atomic E-state index is -0.0105. The molecule has 1 aliphatic rings. The zero-order valence-electron chi connectivity index (χ0n) is 11.9. The van der Waals surface area contributed by atoms with Crippen molar-refractivity contribution in [1.82, 2.24) is 0 Å². The Labute approximate surface area is 115 Å². The smallest absolute Gasteiger partial charge is 0.314 e. The van der Waals surface area contributed by atoms with E-state index >= 15 is 0 Å². The first-order valence-corrected chi connectivity index (χ1v) is 7.24. The normalized spacial score (nSPS) is 23.1. The summed E-state index contributed by atoms with van der Waals surface area (Å²) in [4.78, 5) is 13.3. The molecule has 19 heavy (non-hydrogen) atoms. The molecule has 1 saturated heterocycles. The Bertz CT molecular complexity index is 413. The predicted molar refractivity (Wildman–Crippen MR) is 74.9 cm³/mol. The molecule has 0 spiro atoms. The van der Waals surface area contributed by atoms with Crippen molar-refractivity contribution >= 4 is 5.97 Å². The first-order chi connectivity index (χ1) is 9.19. The lowest BCUT2D eigenvalue weighted by atomic mass is 9.97. The quantitative estimate of drug-likeness (QED) is 0.831. The van der Waals surface area contributed by atoms with Gasteiger partial charge >= 0.3 is 5.97 Å². The molecule has 0 amide bonds. The van der Waals surface area contributed by atoms with E-state index in [-0.39, 0.29) is 11.9 Å². The predicted octanol–water partition coefficient (Wildman–Crippen LogP) is 1.35. The number of rotatable bonds is 4. The standard InChI is InChI=1S/C16H23NO2/c1-3-19-16(18)15-5-4-10-17(12-15)11-14-8-6-13(2)7-9-14/h6-9,15H,3-5,10-12H2,1-2H3/p+1/t15-/m0/s1.